The van der Waals surface area contributed by atoms with Gasteiger partial charge in [-0.25, -0.2) is 0 Å². The van der Waals surface area contributed by atoms with Crippen LogP contribution in [0.5, 0.6) is 0 Å². The molecule has 6 heteroatoms. The molecule has 0 aliphatic rings. The number of hydrogen-bond acceptors (Lipinski definition) is 3. The van der Waals surface area contributed by atoms with Crippen molar-refractivity contribution in [1.82, 2.24) is 24.5 Å². The van der Waals surface area contributed by atoms with Crippen molar-refractivity contribution in [1.29, 1.82) is 0 Å². The van der Waals surface area contributed by atoms with Crippen LogP contribution in [0.3, 0.4) is 0 Å². The first-order chi connectivity index (χ1) is 9.25. The first kappa shape index (κ1) is 12.1. The van der Waals surface area contributed by atoms with Crippen LogP contribution in [0.25, 0.3) is 11.0 Å². The second kappa shape index (κ2) is 4.97. The summed E-state index contributed by atoms with van der Waals surface area (Å²) in [5.41, 5.74) is 3.54. The zero-order valence-electron chi connectivity index (χ0n) is 10.7. The molecule has 98 valence electrons. The maximum absolute atomic E-state index is 5.40. The van der Waals surface area contributed by atoms with E-state index >= 15 is 0 Å². The van der Waals surface area contributed by atoms with Crippen LogP contribution in [-0.2, 0) is 13.1 Å². The number of benzene rings is 1. The van der Waals surface area contributed by atoms with Gasteiger partial charge in [-0.3, -0.25) is 4.68 Å². The second-order valence-corrected chi connectivity index (χ2v) is 4.96. The number of hydrogen-bond donors (Lipinski definition) is 1. The van der Waals surface area contributed by atoms with E-state index in [9.17, 15) is 0 Å². The molecule has 0 fully saturated rings. The van der Waals surface area contributed by atoms with Crippen LogP contribution in [0.1, 0.15) is 12.0 Å². The number of aryl methyl sites for hydroxylation is 3. The smallest absolute Gasteiger partial charge is 0.178 e. The largest absolute Gasteiger partial charge is 0.331 e. The first-order valence-corrected chi connectivity index (χ1v) is 6.69. The highest BCUT2D eigenvalue weighted by Crippen LogP contribution is 2.18. The molecule has 0 amide bonds. The van der Waals surface area contributed by atoms with E-state index in [1.807, 2.05) is 16.9 Å². The average molecular weight is 273 g/mol. The van der Waals surface area contributed by atoms with Crippen molar-refractivity contribution in [3.8, 4) is 0 Å². The van der Waals surface area contributed by atoms with Crippen molar-refractivity contribution in [2.45, 2.75) is 26.4 Å². The highest BCUT2D eigenvalue weighted by atomic mass is 32.1. The van der Waals surface area contributed by atoms with Crippen LogP contribution in [0.2, 0.25) is 0 Å². The summed E-state index contributed by atoms with van der Waals surface area (Å²) in [5.74, 6) is 0. The fourth-order valence-corrected chi connectivity index (χ4v) is 2.65. The number of nitrogens with one attached hydrogen (secondary N) is 1. The van der Waals surface area contributed by atoms with Gasteiger partial charge in [0.25, 0.3) is 0 Å². The van der Waals surface area contributed by atoms with E-state index in [0.29, 0.717) is 0 Å². The van der Waals surface area contributed by atoms with E-state index < -0.39 is 0 Å². The third-order valence-electron chi connectivity index (χ3n) is 3.24. The zero-order valence-corrected chi connectivity index (χ0v) is 11.5. The fraction of sp³-hybridized carbons (Fsp3) is 0.308. The van der Waals surface area contributed by atoms with Gasteiger partial charge in [-0.05, 0) is 37.2 Å². The van der Waals surface area contributed by atoms with Crippen molar-refractivity contribution < 1.29 is 0 Å². The summed E-state index contributed by atoms with van der Waals surface area (Å²) in [7, 11) is 0. The molecule has 0 atom stereocenters. The van der Waals surface area contributed by atoms with Gasteiger partial charge < -0.3 is 9.55 Å². The van der Waals surface area contributed by atoms with E-state index in [1.54, 1.807) is 6.20 Å². The Morgan fingerprint density at radius 3 is 3.00 bits per heavy atom. The monoisotopic (exact) mass is 273 g/mol. The minimum absolute atomic E-state index is 0.780. The molecule has 2 aromatic heterocycles. The van der Waals surface area contributed by atoms with Crippen molar-refractivity contribution in [2.24, 2.45) is 0 Å². The van der Waals surface area contributed by atoms with Gasteiger partial charge in [0.1, 0.15) is 0 Å². The molecule has 19 heavy (non-hydrogen) atoms. The lowest BCUT2D eigenvalue weighted by atomic mass is 10.2. The van der Waals surface area contributed by atoms with Crippen molar-refractivity contribution >= 4 is 23.3 Å². The molecule has 3 rings (SSSR count). The van der Waals surface area contributed by atoms with E-state index in [-0.39, 0.29) is 0 Å². The first-order valence-electron chi connectivity index (χ1n) is 6.28. The molecule has 0 aliphatic carbocycles. The Labute approximate surface area is 115 Å². The molecule has 0 aliphatic heterocycles. The standard InChI is InChI=1S/C13H15N5S/c1-10-4-2-5-11-12(10)18(13(19)15-11)8-3-7-17-9-6-14-16-17/h2,4-6,9H,3,7-8H2,1H3,(H,15,19). The predicted molar refractivity (Wildman–Crippen MR) is 76.5 cm³/mol. The number of imidazole rings is 1. The van der Waals surface area contributed by atoms with Gasteiger partial charge in [0.2, 0.25) is 0 Å². The summed E-state index contributed by atoms with van der Waals surface area (Å²) in [6.07, 6.45) is 4.54. The van der Waals surface area contributed by atoms with Crippen LogP contribution in [-0.4, -0.2) is 24.5 Å². The normalized spacial score (nSPS) is 11.2. The Hall–Kier alpha value is -1.95. The minimum atomic E-state index is 0.780. The molecule has 0 spiro atoms. The maximum Gasteiger partial charge on any atom is 0.178 e. The summed E-state index contributed by atoms with van der Waals surface area (Å²) in [4.78, 5) is 3.25. The fourth-order valence-electron chi connectivity index (χ4n) is 2.36. The molecule has 3 aromatic rings. The number of aromatic amines is 1. The van der Waals surface area contributed by atoms with Crippen LogP contribution >= 0.6 is 12.2 Å². The average Bonchev–Trinajstić information content (AvgIpc) is 2.99. The van der Waals surface area contributed by atoms with Crippen molar-refractivity contribution in [3.05, 3.63) is 40.9 Å². The van der Waals surface area contributed by atoms with Crippen LogP contribution in [0.15, 0.2) is 30.6 Å². The van der Waals surface area contributed by atoms with Gasteiger partial charge in [0, 0.05) is 19.3 Å². The molecule has 0 saturated heterocycles. The molecular formula is C13H15N5S. The molecule has 0 saturated carbocycles. The number of nitrogens with zero attached hydrogens (tertiary/aromatic N) is 4. The Balaban J connectivity index is 1.84. The molecule has 2 heterocycles. The van der Waals surface area contributed by atoms with Crippen LogP contribution in [0, 0.1) is 11.7 Å². The van der Waals surface area contributed by atoms with Gasteiger partial charge >= 0.3 is 0 Å². The Morgan fingerprint density at radius 2 is 2.21 bits per heavy atom. The molecule has 1 aromatic carbocycles. The summed E-state index contributed by atoms with van der Waals surface area (Å²) in [5, 5.41) is 7.76. The Bertz CT molecular complexity index is 738. The number of rotatable bonds is 4. The van der Waals surface area contributed by atoms with Crippen molar-refractivity contribution in [3.63, 3.8) is 0 Å². The number of H-pyrrole nitrogens is 1. The molecule has 0 unspecified atom stereocenters. The number of fused-ring (bicyclic) bond motifs is 1. The maximum atomic E-state index is 5.40. The summed E-state index contributed by atoms with van der Waals surface area (Å²) in [6.45, 7) is 3.84. The van der Waals surface area contributed by atoms with Gasteiger partial charge in [0.05, 0.1) is 17.2 Å². The summed E-state index contributed by atoms with van der Waals surface area (Å²) >= 11 is 5.40. The molecule has 0 bridgehead atoms. The SMILES string of the molecule is Cc1cccc2[nH]c(=S)n(CCCn3ccnn3)c12. The number of para-hydroxylation sites is 1. The van der Waals surface area contributed by atoms with Crippen LogP contribution in [0.4, 0.5) is 0 Å². The van der Waals surface area contributed by atoms with E-state index in [0.717, 1.165) is 29.8 Å². The van der Waals surface area contributed by atoms with E-state index in [2.05, 4.69) is 38.9 Å². The van der Waals surface area contributed by atoms with Gasteiger partial charge in [-0.15, -0.1) is 5.10 Å². The molecule has 1 N–H and O–H groups in total. The van der Waals surface area contributed by atoms with Gasteiger partial charge in [-0.2, -0.15) is 0 Å². The minimum Gasteiger partial charge on any atom is -0.331 e. The Kier molecular flexibility index (Phi) is 3.16. The highest BCUT2D eigenvalue weighted by molar-refractivity contribution is 7.71. The molecular weight excluding hydrogens is 258 g/mol. The zero-order chi connectivity index (χ0) is 13.2. The summed E-state index contributed by atoms with van der Waals surface area (Å²) < 4.78 is 4.78. The third kappa shape index (κ3) is 2.31. The summed E-state index contributed by atoms with van der Waals surface area (Å²) in [6, 6.07) is 6.22. The topological polar surface area (TPSA) is 51.4 Å². The third-order valence-corrected chi connectivity index (χ3v) is 3.56. The highest BCUT2D eigenvalue weighted by Gasteiger charge is 2.06. The van der Waals surface area contributed by atoms with Crippen molar-refractivity contribution in [2.75, 3.05) is 0 Å². The lowest BCUT2D eigenvalue weighted by Gasteiger charge is -2.06. The lowest BCUT2D eigenvalue weighted by molar-refractivity contribution is 0.517. The number of aromatic nitrogens is 5. The Morgan fingerprint density at radius 1 is 1.32 bits per heavy atom. The van der Waals surface area contributed by atoms with Gasteiger partial charge in [0.15, 0.2) is 4.77 Å². The second-order valence-electron chi connectivity index (χ2n) is 4.57. The molecule has 5 nitrogen and oxygen atoms in total. The van der Waals surface area contributed by atoms with E-state index in [1.165, 1.54) is 11.1 Å². The lowest BCUT2D eigenvalue weighted by Crippen LogP contribution is -2.05. The van der Waals surface area contributed by atoms with Gasteiger partial charge in [-0.1, -0.05) is 17.3 Å². The predicted octanol–water partition coefficient (Wildman–Crippen LogP) is 2.69. The molecule has 0 radical (unpaired) electrons. The van der Waals surface area contributed by atoms with Crippen LogP contribution < -0.4 is 0 Å². The quantitative estimate of drug-likeness (QED) is 0.744. The van der Waals surface area contributed by atoms with E-state index in [4.69, 9.17) is 12.2 Å².